The van der Waals surface area contributed by atoms with Crippen LogP contribution in [0.25, 0.3) is 0 Å². The van der Waals surface area contributed by atoms with E-state index in [0.717, 1.165) is 11.6 Å². The molecule has 2 atom stereocenters. The van der Waals surface area contributed by atoms with Crippen molar-refractivity contribution in [3.8, 4) is 0 Å². The number of carbonyl (C=O) groups is 2. The Morgan fingerprint density at radius 1 is 1.18 bits per heavy atom. The summed E-state index contributed by atoms with van der Waals surface area (Å²) in [5, 5.41) is 26.9. The van der Waals surface area contributed by atoms with Crippen LogP contribution < -0.4 is 0 Å². The molecule has 0 bridgehead atoms. The van der Waals surface area contributed by atoms with Crippen molar-refractivity contribution in [1.82, 2.24) is 0 Å². The Balaban J connectivity index is 0.000000200. The zero-order valence-electron chi connectivity index (χ0n) is 14.9. The molecule has 1 aliphatic heterocycles. The molecule has 1 heterocycles. The summed E-state index contributed by atoms with van der Waals surface area (Å²) in [6.07, 6.45) is -3.38. The Bertz CT molecular complexity index is 827. The molecule has 0 amide bonds. The van der Waals surface area contributed by atoms with Crippen LogP contribution in [0.5, 0.6) is 0 Å². The van der Waals surface area contributed by atoms with Gasteiger partial charge >= 0.3 is 18.1 Å². The van der Waals surface area contributed by atoms with Gasteiger partial charge in [-0.1, -0.05) is 24.3 Å². The number of aliphatic hydroxyl groups excluding tert-OH is 1. The van der Waals surface area contributed by atoms with Gasteiger partial charge in [-0.05, 0) is 36.6 Å². The first-order chi connectivity index (χ1) is 13.0. The lowest BCUT2D eigenvalue weighted by Crippen LogP contribution is -2.33. The number of carboxylic acid groups (broad SMARTS) is 2. The lowest BCUT2D eigenvalue weighted by Gasteiger charge is -2.27. The van der Waals surface area contributed by atoms with Crippen molar-refractivity contribution in [2.45, 2.75) is 32.0 Å². The lowest BCUT2D eigenvalue weighted by atomic mass is 9.78. The fourth-order valence-electron chi connectivity index (χ4n) is 2.89. The average molecular weight is 400 g/mol. The lowest BCUT2D eigenvalue weighted by molar-refractivity contribution is -0.227. The molecule has 28 heavy (non-hydrogen) atoms. The van der Waals surface area contributed by atoms with E-state index in [4.69, 9.17) is 14.9 Å². The Morgan fingerprint density at radius 3 is 2.39 bits per heavy atom. The Hall–Kier alpha value is -2.81. The average Bonchev–Trinajstić information content (AvgIpc) is 2.63. The van der Waals surface area contributed by atoms with Gasteiger partial charge in [-0.3, -0.25) is 4.79 Å². The van der Waals surface area contributed by atoms with E-state index in [0.29, 0.717) is 6.42 Å². The van der Waals surface area contributed by atoms with Gasteiger partial charge in [0.2, 0.25) is 0 Å². The first-order valence-corrected chi connectivity index (χ1v) is 8.30. The molecule has 0 radical (unpaired) electrons. The molecule has 6 nitrogen and oxygen atoms in total. The summed E-state index contributed by atoms with van der Waals surface area (Å²) in [6, 6.07) is 6.55. The molecule has 3 N–H and O–H groups in total. The van der Waals surface area contributed by atoms with Crippen molar-refractivity contribution in [1.29, 1.82) is 0 Å². The van der Waals surface area contributed by atoms with E-state index >= 15 is 0 Å². The Kier molecular flexibility index (Phi) is 6.18. The maximum Gasteiger partial charge on any atom is 0.418 e. The second-order valence-corrected chi connectivity index (χ2v) is 6.60. The van der Waals surface area contributed by atoms with E-state index in [2.05, 4.69) is 0 Å². The van der Waals surface area contributed by atoms with Crippen LogP contribution in [0.1, 0.15) is 30.6 Å². The van der Waals surface area contributed by atoms with Crippen LogP contribution in [0, 0.1) is 5.41 Å². The van der Waals surface area contributed by atoms with Gasteiger partial charge in [0, 0.05) is 12.0 Å². The third kappa shape index (κ3) is 4.53. The molecule has 0 saturated carbocycles. The number of halogens is 3. The smallest absolute Gasteiger partial charge is 0.418 e. The number of alkyl halides is 3. The summed E-state index contributed by atoms with van der Waals surface area (Å²) in [5.74, 6) is -2.73. The number of allylic oxidation sites excluding steroid dienone is 2. The predicted molar refractivity (Wildman–Crippen MR) is 91.7 cm³/mol. The zero-order chi connectivity index (χ0) is 21.1. The van der Waals surface area contributed by atoms with E-state index in [1.165, 1.54) is 19.1 Å². The maximum absolute atomic E-state index is 12.5. The first kappa shape index (κ1) is 21.5. The quantitative estimate of drug-likeness (QED) is 0.698. The van der Waals surface area contributed by atoms with Crippen LogP contribution in [-0.4, -0.2) is 40.0 Å². The monoisotopic (exact) mass is 400 g/mol. The SMILES string of the molecule is C[C@@]1(C(=O)O)CC(C(=O)O)=CC=C1O.FC(F)(F)C1OCCc2ccccc21. The standard InChI is InChI=1S/C10H9F3O.C9H10O5/c11-10(12,13)9-8-4-2-1-3-7(8)5-6-14-9;1-9(8(13)14)4-5(7(11)12)2-3-6(9)10/h1-4,9H,5-6H2;2-3,10H,4H2,1H3,(H,11,12)(H,13,14)/t;9-/m.1/s1. The Morgan fingerprint density at radius 2 is 1.82 bits per heavy atom. The van der Waals surface area contributed by atoms with Crippen LogP contribution >= 0.6 is 0 Å². The summed E-state index contributed by atoms with van der Waals surface area (Å²) < 4.78 is 42.2. The molecular formula is C19H19F3O6. The van der Waals surface area contributed by atoms with Gasteiger partial charge in [-0.2, -0.15) is 13.2 Å². The second kappa shape index (κ2) is 8.05. The van der Waals surface area contributed by atoms with Crippen molar-refractivity contribution < 1.29 is 42.8 Å². The van der Waals surface area contributed by atoms with E-state index in [-0.39, 0.29) is 29.9 Å². The van der Waals surface area contributed by atoms with Gasteiger partial charge in [0.05, 0.1) is 6.61 Å². The fraction of sp³-hybridized carbons (Fsp3) is 0.368. The molecule has 0 aromatic heterocycles. The van der Waals surface area contributed by atoms with Gasteiger partial charge in [-0.15, -0.1) is 0 Å². The molecule has 1 aromatic rings. The number of fused-ring (bicyclic) bond motifs is 1. The molecule has 0 fully saturated rings. The largest absolute Gasteiger partial charge is 0.511 e. The fourth-order valence-corrected chi connectivity index (χ4v) is 2.89. The molecule has 9 heteroatoms. The second-order valence-electron chi connectivity index (χ2n) is 6.60. The summed E-state index contributed by atoms with van der Waals surface area (Å²) in [5.41, 5.74) is -0.553. The molecule has 1 unspecified atom stereocenters. The van der Waals surface area contributed by atoms with Gasteiger partial charge in [0.25, 0.3) is 0 Å². The summed E-state index contributed by atoms with van der Waals surface area (Å²) in [6.45, 7) is 1.43. The minimum atomic E-state index is -4.31. The van der Waals surface area contributed by atoms with Crippen molar-refractivity contribution in [2.75, 3.05) is 6.61 Å². The van der Waals surface area contributed by atoms with Gasteiger partial charge in [0.15, 0.2) is 6.10 Å². The molecule has 1 aliphatic carbocycles. The number of aliphatic carboxylic acids is 2. The number of hydrogen-bond acceptors (Lipinski definition) is 4. The number of carboxylic acids is 2. The number of hydrogen-bond donors (Lipinski definition) is 3. The van der Waals surface area contributed by atoms with Crippen LogP contribution in [0.2, 0.25) is 0 Å². The highest BCUT2D eigenvalue weighted by Gasteiger charge is 2.44. The molecule has 3 rings (SSSR count). The highest BCUT2D eigenvalue weighted by molar-refractivity contribution is 5.90. The third-order valence-corrected chi connectivity index (χ3v) is 4.59. The number of aliphatic hydroxyl groups is 1. The molecule has 0 spiro atoms. The third-order valence-electron chi connectivity index (χ3n) is 4.59. The van der Waals surface area contributed by atoms with Crippen LogP contribution in [-0.2, 0) is 20.7 Å². The van der Waals surface area contributed by atoms with Crippen molar-refractivity contribution in [3.63, 3.8) is 0 Å². The van der Waals surface area contributed by atoms with E-state index in [1.54, 1.807) is 18.2 Å². The minimum Gasteiger partial charge on any atom is -0.511 e. The molecule has 2 aliphatic rings. The van der Waals surface area contributed by atoms with E-state index in [1.807, 2.05) is 0 Å². The predicted octanol–water partition coefficient (Wildman–Crippen LogP) is 3.80. The Labute approximate surface area is 158 Å². The topological polar surface area (TPSA) is 104 Å². The minimum absolute atomic E-state index is 0.0206. The first-order valence-electron chi connectivity index (χ1n) is 8.30. The van der Waals surface area contributed by atoms with Crippen LogP contribution in [0.15, 0.2) is 47.7 Å². The van der Waals surface area contributed by atoms with Crippen molar-refractivity contribution >= 4 is 11.9 Å². The maximum atomic E-state index is 12.5. The molecule has 152 valence electrons. The van der Waals surface area contributed by atoms with Gasteiger partial charge in [0.1, 0.15) is 11.2 Å². The van der Waals surface area contributed by atoms with Crippen LogP contribution in [0.4, 0.5) is 13.2 Å². The zero-order valence-corrected chi connectivity index (χ0v) is 14.9. The van der Waals surface area contributed by atoms with Crippen molar-refractivity contribution in [3.05, 3.63) is 58.9 Å². The number of rotatable bonds is 2. The summed E-state index contributed by atoms with van der Waals surface area (Å²) in [7, 11) is 0. The summed E-state index contributed by atoms with van der Waals surface area (Å²) in [4.78, 5) is 21.4. The molecular weight excluding hydrogens is 381 g/mol. The van der Waals surface area contributed by atoms with Gasteiger partial charge in [-0.25, -0.2) is 4.79 Å². The summed E-state index contributed by atoms with van der Waals surface area (Å²) >= 11 is 0. The highest BCUT2D eigenvalue weighted by Crippen LogP contribution is 2.39. The van der Waals surface area contributed by atoms with E-state index < -0.39 is 29.6 Å². The van der Waals surface area contributed by atoms with Crippen LogP contribution in [0.3, 0.4) is 0 Å². The normalized spacial score (nSPS) is 24.1. The van der Waals surface area contributed by atoms with E-state index in [9.17, 15) is 27.9 Å². The van der Waals surface area contributed by atoms with Crippen molar-refractivity contribution in [2.24, 2.45) is 5.41 Å². The van der Waals surface area contributed by atoms with Gasteiger partial charge < -0.3 is 20.1 Å². The number of ether oxygens (including phenoxy) is 1. The highest BCUT2D eigenvalue weighted by atomic mass is 19.4. The molecule has 0 saturated heterocycles. The number of benzene rings is 1. The molecule has 1 aromatic carbocycles.